The normalized spacial score (nSPS) is 12.2. The Bertz CT molecular complexity index is 597. The summed E-state index contributed by atoms with van der Waals surface area (Å²) in [6.45, 7) is 0. The molecule has 0 aliphatic carbocycles. The lowest BCUT2D eigenvalue weighted by Gasteiger charge is -2.14. The minimum absolute atomic E-state index is 0.117. The molecule has 1 rings (SSSR count). The number of halogens is 3. The molecule has 9 heteroatoms. The van der Waals surface area contributed by atoms with Crippen LogP contribution in [0, 0.1) is 0 Å². The van der Waals surface area contributed by atoms with Gasteiger partial charge in [0.05, 0.1) is 11.3 Å². The number of rotatable bonds is 3. The Hall–Kier alpha value is -1.77. The van der Waals surface area contributed by atoms with E-state index in [0.29, 0.717) is 6.07 Å². The molecule has 19 heavy (non-hydrogen) atoms. The lowest BCUT2D eigenvalue weighted by Crippen LogP contribution is -2.23. The molecule has 1 aromatic rings. The van der Waals surface area contributed by atoms with Gasteiger partial charge in [0, 0.05) is 11.9 Å². The molecule has 0 unspecified atom stereocenters. The SMILES string of the molecule is CS(=O)(=O)CC(=O)Nc1ccc(N)cc1C(F)(F)F. The molecule has 0 aliphatic heterocycles. The summed E-state index contributed by atoms with van der Waals surface area (Å²) in [6, 6.07) is 2.81. The Morgan fingerprint density at radius 3 is 2.42 bits per heavy atom. The Labute approximate surface area is 107 Å². The first kappa shape index (κ1) is 15.3. The maximum Gasteiger partial charge on any atom is 0.418 e. The molecule has 0 atom stereocenters. The number of anilines is 2. The van der Waals surface area contributed by atoms with Gasteiger partial charge in [0.1, 0.15) is 5.75 Å². The van der Waals surface area contributed by atoms with E-state index in [4.69, 9.17) is 5.73 Å². The first-order valence-corrected chi connectivity index (χ1v) is 6.99. The van der Waals surface area contributed by atoms with Gasteiger partial charge in [-0.15, -0.1) is 0 Å². The highest BCUT2D eigenvalue weighted by Gasteiger charge is 2.34. The molecular formula is C10H11F3N2O3S. The predicted molar refractivity (Wildman–Crippen MR) is 64.2 cm³/mol. The van der Waals surface area contributed by atoms with Gasteiger partial charge in [0.15, 0.2) is 9.84 Å². The van der Waals surface area contributed by atoms with E-state index in [9.17, 15) is 26.4 Å². The smallest absolute Gasteiger partial charge is 0.399 e. The quantitative estimate of drug-likeness (QED) is 0.822. The van der Waals surface area contributed by atoms with Crippen LogP contribution in [0.2, 0.25) is 0 Å². The number of hydrogen-bond acceptors (Lipinski definition) is 4. The van der Waals surface area contributed by atoms with Crippen molar-refractivity contribution in [1.82, 2.24) is 0 Å². The van der Waals surface area contributed by atoms with Crippen LogP contribution in [0.4, 0.5) is 24.5 Å². The highest BCUT2D eigenvalue weighted by molar-refractivity contribution is 7.91. The second kappa shape index (κ2) is 5.08. The molecule has 0 saturated heterocycles. The Morgan fingerprint density at radius 2 is 1.95 bits per heavy atom. The molecule has 0 bridgehead atoms. The minimum atomic E-state index is -4.71. The number of hydrogen-bond donors (Lipinski definition) is 2. The Balaban J connectivity index is 3.05. The molecule has 0 aliphatic rings. The fraction of sp³-hybridized carbons (Fsp3) is 0.300. The van der Waals surface area contributed by atoms with Crippen LogP contribution in [0.1, 0.15) is 5.56 Å². The number of nitrogens with one attached hydrogen (secondary N) is 1. The maximum atomic E-state index is 12.7. The molecule has 0 heterocycles. The molecule has 1 aromatic carbocycles. The van der Waals surface area contributed by atoms with Gasteiger partial charge in [-0.3, -0.25) is 4.79 Å². The molecule has 0 spiro atoms. The lowest BCUT2D eigenvalue weighted by molar-refractivity contribution is -0.136. The summed E-state index contributed by atoms with van der Waals surface area (Å²) in [6.07, 6.45) is -3.90. The summed E-state index contributed by atoms with van der Waals surface area (Å²) >= 11 is 0. The van der Waals surface area contributed by atoms with Gasteiger partial charge < -0.3 is 11.1 Å². The van der Waals surface area contributed by atoms with E-state index in [0.717, 1.165) is 12.3 Å². The molecule has 1 amide bonds. The summed E-state index contributed by atoms with van der Waals surface area (Å²) in [4.78, 5) is 11.3. The molecular weight excluding hydrogens is 285 g/mol. The van der Waals surface area contributed by atoms with Crippen molar-refractivity contribution in [1.29, 1.82) is 0 Å². The van der Waals surface area contributed by atoms with Gasteiger partial charge in [0.25, 0.3) is 0 Å². The highest BCUT2D eigenvalue weighted by atomic mass is 32.2. The van der Waals surface area contributed by atoms with E-state index in [-0.39, 0.29) is 5.69 Å². The molecule has 0 radical (unpaired) electrons. The first-order chi connectivity index (χ1) is 8.49. The van der Waals surface area contributed by atoms with Crippen LogP contribution in [0.25, 0.3) is 0 Å². The third kappa shape index (κ3) is 4.78. The fourth-order valence-corrected chi connectivity index (χ4v) is 1.88. The molecule has 3 N–H and O–H groups in total. The van der Waals surface area contributed by atoms with E-state index in [1.54, 1.807) is 0 Å². The van der Waals surface area contributed by atoms with Crippen molar-refractivity contribution >= 4 is 27.1 Å². The van der Waals surface area contributed by atoms with Gasteiger partial charge >= 0.3 is 6.18 Å². The number of amides is 1. The number of nitrogen functional groups attached to an aromatic ring is 1. The van der Waals surface area contributed by atoms with Gasteiger partial charge in [-0.25, -0.2) is 8.42 Å². The number of carbonyl (C=O) groups excluding carboxylic acids is 1. The third-order valence-electron chi connectivity index (χ3n) is 2.02. The van der Waals surface area contributed by atoms with Crippen molar-refractivity contribution in [2.75, 3.05) is 23.1 Å². The maximum absolute atomic E-state index is 12.7. The van der Waals surface area contributed by atoms with Crippen molar-refractivity contribution in [2.24, 2.45) is 0 Å². The summed E-state index contributed by atoms with van der Waals surface area (Å²) in [5, 5.41) is 1.91. The molecule has 5 nitrogen and oxygen atoms in total. The number of benzene rings is 1. The summed E-state index contributed by atoms with van der Waals surface area (Å²) in [5.74, 6) is -1.94. The number of alkyl halides is 3. The zero-order valence-electron chi connectivity index (χ0n) is 9.78. The third-order valence-corrected chi connectivity index (χ3v) is 2.80. The Morgan fingerprint density at radius 1 is 1.37 bits per heavy atom. The van der Waals surface area contributed by atoms with Crippen LogP contribution in [0.3, 0.4) is 0 Å². The van der Waals surface area contributed by atoms with Crippen molar-refractivity contribution in [2.45, 2.75) is 6.18 Å². The van der Waals surface area contributed by atoms with E-state index in [1.807, 2.05) is 5.32 Å². The van der Waals surface area contributed by atoms with Gasteiger partial charge in [-0.1, -0.05) is 0 Å². The fourth-order valence-electron chi connectivity index (χ4n) is 1.33. The molecule has 106 valence electrons. The largest absolute Gasteiger partial charge is 0.418 e. The average Bonchev–Trinajstić information content (AvgIpc) is 2.16. The van der Waals surface area contributed by atoms with E-state index >= 15 is 0 Å². The summed E-state index contributed by atoms with van der Waals surface area (Å²) in [5.41, 5.74) is 3.47. The molecule has 0 saturated carbocycles. The molecule has 0 aromatic heterocycles. The van der Waals surface area contributed by atoms with Crippen molar-refractivity contribution < 1.29 is 26.4 Å². The van der Waals surface area contributed by atoms with Crippen LogP contribution >= 0.6 is 0 Å². The van der Waals surface area contributed by atoms with Gasteiger partial charge in [0.2, 0.25) is 5.91 Å². The van der Waals surface area contributed by atoms with Crippen LogP contribution < -0.4 is 11.1 Å². The monoisotopic (exact) mass is 296 g/mol. The second-order valence-electron chi connectivity index (χ2n) is 3.92. The number of carbonyl (C=O) groups is 1. The average molecular weight is 296 g/mol. The standard InChI is InChI=1S/C10H11F3N2O3S/c1-19(17,18)5-9(16)15-8-3-2-6(14)4-7(8)10(11,12)13/h2-4H,5,14H2,1H3,(H,15,16). The van der Waals surface area contributed by atoms with Gasteiger partial charge in [-0.05, 0) is 18.2 Å². The summed E-state index contributed by atoms with van der Waals surface area (Å²) < 4.78 is 59.8. The van der Waals surface area contributed by atoms with E-state index in [2.05, 4.69) is 0 Å². The minimum Gasteiger partial charge on any atom is -0.399 e. The van der Waals surface area contributed by atoms with E-state index < -0.39 is 38.9 Å². The lowest BCUT2D eigenvalue weighted by atomic mass is 10.1. The van der Waals surface area contributed by atoms with Crippen LogP contribution in [0.5, 0.6) is 0 Å². The topological polar surface area (TPSA) is 89.3 Å². The van der Waals surface area contributed by atoms with Crippen LogP contribution in [-0.4, -0.2) is 26.3 Å². The molecule has 0 fully saturated rings. The zero-order valence-corrected chi connectivity index (χ0v) is 10.6. The van der Waals surface area contributed by atoms with E-state index in [1.165, 1.54) is 6.07 Å². The van der Waals surface area contributed by atoms with Crippen LogP contribution in [0.15, 0.2) is 18.2 Å². The highest BCUT2D eigenvalue weighted by Crippen LogP contribution is 2.36. The van der Waals surface area contributed by atoms with Crippen LogP contribution in [-0.2, 0) is 20.8 Å². The Kier molecular flexibility index (Phi) is 4.09. The summed E-state index contributed by atoms with van der Waals surface area (Å²) in [7, 11) is -3.62. The van der Waals surface area contributed by atoms with Gasteiger partial charge in [-0.2, -0.15) is 13.2 Å². The first-order valence-electron chi connectivity index (χ1n) is 4.93. The second-order valence-corrected chi connectivity index (χ2v) is 6.06. The number of sulfone groups is 1. The van der Waals surface area contributed by atoms with Crippen molar-refractivity contribution in [3.63, 3.8) is 0 Å². The van der Waals surface area contributed by atoms with Crippen molar-refractivity contribution in [3.05, 3.63) is 23.8 Å². The van der Waals surface area contributed by atoms with Crippen molar-refractivity contribution in [3.8, 4) is 0 Å². The number of nitrogens with two attached hydrogens (primary N) is 1. The zero-order chi connectivity index (χ0) is 14.8. The predicted octanol–water partition coefficient (Wildman–Crippen LogP) is 1.27.